The van der Waals surface area contributed by atoms with Gasteiger partial charge in [-0.3, -0.25) is 14.4 Å². The lowest BCUT2D eigenvalue weighted by atomic mass is 9.66. The van der Waals surface area contributed by atoms with Gasteiger partial charge in [-0.1, -0.05) is 6.08 Å². The number of hydrogen-bond donors (Lipinski definition) is 1. The molecule has 2 unspecified atom stereocenters. The molecule has 8 heteroatoms. The average Bonchev–Trinajstić information content (AvgIpc) is 3.24. The van der Waals surface area contributed by atoms with Gasteiger partial charge in [0.1, 0.15) is 17.6 Å². The highest BCUT2D eigenvalue weighted by molar-refractivity contribution is 5.98. The topological polar surface area (TPSA) is 96.4 Å². The molecule has 2 bridgehead atoms. The zero-order valence-corrected chi connectivity index (χ0v) is 19.3. The molecule has 0 aromatic carbocycles. The van der Waals surface area contributed by atoms with Gasteiger partial charge in [-0.05, 0) is 53.9 Å². The van der Waals surface area contributed by atoms with E-state index >= 15 is 0 Å². The van der Waals surface area contributed by atoms with Gasteiger partial charge >= 0.3 is 5.97 Å². The summed E-state index contributed by atoms with van der Waals surface area (Å²) in [4.78, 5) is 43.7. The molecule has 1 spiro atoms. The highest BCUT2D eigenvalue weighted by atomic mass is 16.6. The van der Waals surface area contributed by atoms with Crippen molar-refractivity contribution in [3.05, 3.63) is 12.7 Å². The van der Waals surface area contributed by atoms with E-state index in [0.29, 0.717) is 25.8 Å². The van der Waals surface area contributed by atoms with E-state index in [9.17, 15) is 19.5 Å². The van der Waals surface area contributed by atoms with Crippen molar-refractivity contribution in [3.63, 3.8) is 0 Å². The zero-order chi connectivity index (χ0) is 23.2. The minimum atomic E-state index is -1.07. The van der Waals surface area contributed by atoms with Crippen LogP contribution in [0.2, 0.25) is 0 Å². The maximum atomic E-state index is 14.0. The Morgan fingerprint density at radius 2 is 2.06 bits per heavy atom. The molecular formula is C23H36N2O6. The van der Waals surface area contributed by atoms with E-state index in [2.05, 4.69) is 6.58 Å². The van der Waals surface area contributed by atoms with E-state index in [4.69, 9.17) is 9.47 Å². The summed E-state index contributed by atoms with van der Waals surface area (Å²) in [6.45, 7) is 13.9. The van der Waals surface area contributed by atoms with Crippen LogP contribution >= 0.6 is 0 Å². The molecule has 3 aliphatic rings. The number of carbonyl (C=O) groups excluding carboxylic acids is 3. The van der Waals surface area contributed by atoms with Crippen LogP contribution in [-0.2, 0) is 23.9 Å². The number of rotatable bonds is 8. The molecule has 0 aliphatic carbocycles. The van der Waals surface area contributed by atoms with Crippen LogP contribution in [0, 0.1) is 11.8 Å². The van der Waals surface area contributed by atoms with Crippen molar-refractivity contribution in [1.82, 2.24) is 9.80 Å². The lowest BCUT2D eigenvalue weighted by molar-refractivity contribution is -0.160. The quantitative estimate of drug-likeness (QED) is 0.458. The number of hydrogen-bond acceptors (Lipinski definition) is 6. The standard InChI is InChI=1S/C23H36N2O6/c1-7-12-25(21(3,4)5)19(28)17-23-11-10-22(6,31-23)16(20(29)30-8-2)15(23)18(27)24(17)13-9-14-26/h7,15-17,26H,1,8-14H2,2-6H3/t15-,16+,17?,22-,23?/m0/s1. The van der Waals surface area contributed by atoms with Gasteiger partial charge in [0.15, 0.2) is 0 Å². The van der Waals surface area contributed by atoms with Gasteiger partial charge in [0, 0.05) is 25.2 Å². The average molecular weight is 437 g/mol. The van der Waals surface area contributed by atoms with Crippen molar-refractivity contribution >= 4 is 17.8 Å². The number of esters is 1. The molecule has 3 rings (SSSR count). The molecular weight excluding hydrogens is 400 g/mol. The van der Waals surface area contributed by atoms with Crippen LogP contribution in [0.1, 0.15) is 53.9 Å². The Hall–Kier alpha value is -1.93. The summed E-state index contributed by atoms with van der Waals surface area (Å²) in [5.41, 5.74) is -2.40. The van der Waals surface area contributed by atoms with Gasteiger partial charge in [0.2, 0.25) is 11.8 Å². The molecule has 8 nitrogen and oxygen atoms in total. The maximum Gasteiger partial charge on any atom is 0.312 e. The Balaban J connectivity index is 2.09. The highest BCUT2D eigenvalue weighted by Crippen LogP contribution is 2.63. The van der Waals surface area contributed by atoms with Crippen molar-refractivity contribution in [1.29, 1.82) is 0 Å². The molecule has 0 radical (unpaired) electrons. The minimum Gasteiger partial charge on any atom is -0.466 e. The predicted octanol–water partition coefficient (Wildman–Crippen LogP) is 1.51. The number of likely N-dealkylation sites (tertiary alicyclic amines) is 1. The second-order valence-electron chi connectivity index (χ2n) is 10.00. The Morgan fingerprint density at radius 3 is 2.61 bits per heavy atom. The van der Waals surface area contributed by atoms with Crippen LogP contribution in [0.4, 0.5) is 0 Å². The van der Waals surface area contributed by atoms with Gasteiger partial charge in [0.25, 0.3) is 0 Å². The number of ether oxygens (including phenoxy) is 2. The lowest BCUT2D eigenvalue weighted by Crippen LogP contribution is -2.60. The van der Waals surface area contributed by atoms with Crippen LogP contribution in [-0.4, -0.2) is 81.8 Å². The Morgan fingerprint density at radius 1 is 1.39 bits per heavy atom. The zero-order valence-electron chi connectivity index (χ0n) is 19.3. The Kier molecular flexibility index (Phi) is 6.28. The van der Waals surface area contributed by atoms with E-state index in [1.807, 2.05) is 27.7 Å². The highest BCUT2D eigenvalue weighted by Gasteiger charge is 2.78. The number of aliphatic hydroxyl groups excluding tert-OH is 1. The van der Waals surface area contributed by atoms with Crippen LogP contribution in [0.25, 0.3) is 0 Å². The molecule has 3 aliphatic heterocycles. The summed E-state index contributed by atoms with van der Waals surface area (Å²) < 4.78 is 11.8. The van der Waals surface area contributed by atoms with Gasteiger partial charge < -0.3 is 24.4 Å². The second kappa shape index (κ2) is 8.20. The first kappa shape index (κ1) is 23.7. The molecule has 0 saturated carbocycles. The number of amides is 2. The van der Waals surface area contributed by atoms with Crippen molar-refractivity contribution in [2.24, 2.45) is 11.8 Å². The molecule has 0 aromatic rings. The maximum absolute atomic E-state index is 14.0. The van der Waals surface area contributed by atoms with E-state index < -0.39 is 40.6 Å². The fraction of sp³-hybridized carbons (Fsp3) is 0.783. The molecule has 3 heterocycles. The van der Waals surface area contributed by atoms with E-state index in [-0.39, 0.29) is 31.6 Å². The first-order valence-corrected chi connectivity index (χ1v) is 11.2. The number of fused-ring (bicyclic) bond motifs is 1. The van der Waals surface area contributed by atoms with Crippen molar-refractivity contribution < 1.29 is 29.0 Å². The first-order valence-electron chi connectivity index (χ1n) is 11.2. The van der Waals surface area contributed by atoms with Gasteiger partial charge in [-0.2, -0.15) is 0 Å². The molecule has 1 N–H and O–H groups in total. The smallest absolute Gasteiger partial charge is 0.312 e. The van der Waals surface area contributed by atoms with E-state index in [0.717, 1.165) is 0 Å². The molecule has 31 heavy (non-hydrogen) atoms. The second-order valence-corrected chi connectivity index (χ2v) is 10.00. The SMILES string of the molecule is C=CCN(C(=O)C1N(CCCO)C(=O)[C@@H]2[C@H](C(=O)OCC)[C@]3(C)CCC12O3)C(C)(C)C. The summed E-state index contributed by atoms with van der Waals surface area (Å²) in [6, 6.07) is -0.850. The lowest BCUT2D eigenvalue weighted by Gasteiger charge is -2.42. The number of aliphatic hydroxyl groups is 1. The van der Waals surface area contributed by atoms with Gasteiger partial charge in [0.05, 0.1) is 18.1 Å². The molecule has 5 atom stereocenters. The first-order chi connectivity index (χ1) is 14.5. The minimum absolute atomic E-state index is 0.0993. The van der Waals surface area contributed by atoms with Crippen molar-refractivity contribution in [2.45, 2.75) is 76.7 Å². The van der Waals surface area contributed by atoms with Gasteiger partial charge in [-0.25, -0.2) is 0 Å². The molecule has 3 saturated heterocycles. The molecule has 2 amide bonds. The largest absolute Gasteiger partial charge is 0.466 e. The molecule has 174 valence electrons. The third kappa shape index (κ3) is 3.57. The van der Waals surface area contributed by atoms with Crippen molar-refractivity contribution in [2.75, 3.05) is 26.3 Å². The summed E-state index contributed by atoms with van der Waals surface area (Å²) in [5.74, 6) is -2.43. The van der Waals surface area contributed by atoms with Gasteiger partial charge in [-0.15, -0.1) is 6.58 Å². The monoisotopic (exact) mass is 436 g/mol. The van der Waals surface area contributed by atoms with E-state index in [1.165, 1.54) is 4.90 Å². The van der Waals surface area contributed by atoms with Crippen LogP contribution in [0.5, 0.6) is 0 Å². The van der Waals surface area contributed by atoms with Crippen molar-refractivity contribution in [3.8, 4) is 0 Å². The van der Waals surface area contributed by atoms with Crippen LogP contribution in [0.15, 0.2) is 12.7 Å². The third-order valence-corrected chi connectivity index (χ3v) is 7.00. The summed E-state index contributed by atoms with van der Waals surface area (Å²) in [5, 5.41) is 9.39. The summed E-state index contributed by atoms with van der Waals surface area (Å²) in [6.07, 6.45) is 3.11. The Bertz CT molecular complexity index is 762. The normalized spacial score (nSPS) is 34.1. The molecule has 3 fully saturated rings. The molecule has 0 aromatic heterocycles. The van der Waals surface area contributed by atoms with Crippen LogP contribution < -0.4 is 0 Å². The summed E-state index contributed by atoms with van der Waals surface area (Å²) in [7, 11) is 0. The fourth-order valence-corrected chi connectivity index (χ4v) is 5.75. The number of carbonyl (C=O) groups is 3. The number of nitrogens with zero attached hydrogens (tertiary/aromatic N) is 2. The fourth-order valence-electron chi connectivity index (χ4n) is 5.75. The van der Waals surface area contributed by atoms with Crippen LogP contribution in [0.3, 0.4) is 0 Å². The summed E-state index contributed by atoms with van der Waals surface area (Å²) >= 11 is 0. The third-order valence-electron chi connectivity index (χ3n) is 7.00. The Labute approximate surface area is 184 Å². The van der Waals surface area contributed by atoms with E-state index in [1.54, 1.807) is 17.9 Å². The predicted molar refractivity (Wildman–Crippen MR) is 114 cm³/mol.